The molecule has 6 heteroatoms. The number of aromatic hydroxyl groups is 1. The first-order valence-electron chi connectivity index (χ1n) is 10.8. The van der Waals surface area contributed by atoms with E-state index in [1.165, 1.54) is 19.2 Å². The smallest absolute Gasteiger partial charge is 0.317 e. The first-order chi connectivity index (χ1) is 14.5. The summed E-state index contributed by atoms with van der Waals surface area (Å²) in [6.07, 6.45) is 4.20. The van der Waals surface area contributed by atoms with Gasteiger partial charge in [-0.15, -0.1) is 0 Å². The quantitative estimate of drug-likeness (QED) is 0.246. The van der Waals surface area contributed by atoms with Gasteiger partial charge in [0.05, 0.1) is 12.7 Å². The fourth-order valence-corrected chi connectivity index (χ4v) is 4.09. The Bertz CT molecular complexity index is 869. The Morgan fingerprint density at radius 2 is 2.00 bits per heavy atom. The highest BCUT2D eigenvalue weighted by atomic mass is 16.6. The minimum Gasteiger partial charge on any atom is -0.507 e. The zero-order valence-electron chi connectivity index (χ0n) is 19.4. The van der Waals surface area contributed by atoms with Crippen LogP contribution < -0.4 is 4.74 Å². The Hall–Kier alpha value is -2.63. The van der Waals surface area contributed by atoms with Crippen LogP contribution >= 0.6 is 0 Å². The molecular formula is C25H34O6. The highest BCUT2D eigenvalue weighted by Crippen LogP contribution is 2.42. The first-order valence-corrected chi connectivity index (χ1v) is 10.8. The number of Topliss-reactive ketones (excluding diaryl/α,β-unsaturated/α-hetero) is 2. The Morgan fingerprint density at radius 1 is 1.32 bits per heavy atom. The predicted octanol–water partition coefficient (Wildman–Crippen LogP) is 4.88. The molecule has 0 unspecified atom stereocenters. The van der Waals surface area contributed by atoms with E-state index in [1.54, 1.807) is 6.07 Å². The van der Waals surface area contributed by atoms with E-state index < -0.39 is 23.3 Å². The van der Waals surface area contributed by atoms with Crippen molar-refractivity contribution in [1.29, 1.82) is 0 Å². The fourth-order valence-electron chi connectivity index (χ4n) is 4.09. The lowest BCUT2D eigenvalue weighted by Gasteiger charge is -2.28. The summed E-state index contributed by atoms with van der Waals surface area (Å²) in [6.45, 7) is 9.65. The van der Waals surface area contributed by atoms with Crippen LogP contribution in [0.25, 0.3) is 0 Å². The molecule has 1 saturated heterocycles. The highest BCUT2D eigenvalue weighted by Gasteiger charge is 2.53. The van der Waals surface area contributed by atoms with E-state index in [0.29, 0.717) is 37.4 Å². The maximum atomic E-state index is 13.0. The zero-order chi connectivity index (χ0) is 23.3. The third kappa shape index (κ3) is 5.96. The van der Waals surface area contributed by atoms with Gasteiger partial charge in [0.2, 0.25) is 0 Å². The van der Waals surface area contributed by atoms with Crippen molar-refractivity contribution in [2.75, 3.05) is 7.11 Å². The van der Waals surface area contributed by atoms with Crippen LogP contribution in [0.15, 0.2) is 29.8 Å². The standard InChI is InChI=1S/C25H34O6/c1-15(2)12-18(26)13-16(3)8-7-11-25(5)17(4)22(24(29)31-25)23(28)20-10-9-19(30-6)14-21(20)27/h8-10,14-15,17,22,27H,7,11-13H2,1-6H3/b16-8+/t17-,22+,25-/m1/s1. The number of allylic oxidation sites excluding steroid dienone is 2. The third-order valence-corrected chi connectivity index (χ3v) is 6.05. The van der Waals surface area contributed by atoms with E-state index in [0.717, 1.165) is 5.57 Å². The number of esters is 1. The summed E-state index contributed by atoms with van der Waals surface area (Å²) in [5.74, 6) is -1.57. The molecule has 0 aromatic heterocycles. The minimum atomic E-state index is -0.970. The molecular weight excluding hydrogens is 396 g/mol. The van der Waals surface area contributed by atoms with Gasteiger partial charge in [0, 0.05) is 24.8 Å². The molecule has 1 aliphatic rings. The number of carbonyl (C=O) groups is 3. The third-order valence-electron chi connectivity index (χ3n) is 6.05. The molecule has 1 N–H and O–H groups in total. The number of benzene rings is 1. The SMILES string of the molecule is COc1ccc(C(=O)[C@H]2C(=O)O[C@](C)(CC/C=C(\C)CC(=O)CC(C)C)[C@@H]2C)c(O)c1. The van der Waals surface area contributed by atoms with Gasteiger partial charge in [-0.3, -0.25) is 14.4 Å². The van der Waals surface area contributed by atoms with Crippen LogP contribution in [-0.2, 0) is 14.3 Å². The van der Waals surface area contributed by atoms with E-state index in [4.69, 9.17) is 9.47 Å². The molecule has 6 nitrogen and oxygen atoms in total. The van der Waals surface area contributed by atoms with E-state index in [9.17, 15) is 19.5 Å². The van der Waals surface area contributed by atoms with Gasteiger partial charge in [0.1, 0.15) is 28.8 Å². The normalized spacial score (nSPS) is 23.7. The van der Waals surface area contributed by atoms with Crippen LogP contribution in [0, 0.1) is 17.8 Å². The van der Waals surface area contributed by atoms with Gasteiger partial charge < -0.3 is 14.6 Å². The Kier molecular flexibility index (Phi) is 8.04. The fraction of sp³-hybridized carbons (Fsp3) is 0.560. The lowest BCUT2D eigenvalue weighted by molar-refractivity contribution is -0.149. The second-order valence-corrected chi connectivity index (χ2v) is 9.15. The maximum absolute atomic E-state index is 13.0. The number of methoxy groups -OCH3 is 1. The molecule has 1 aromatic carbocycles. The summed E-state index contributed by atoms with van der Waals surface area (Å²) in [7, 11) is 1.47. The summed E-state index contributed by atoms with van der Waals surface area (Å²) >= 11 is 0. The van der Waals surface area contributed by atoms with Crippen molar-refractivity contribution in [2.45, 2.75) is 65.9 Å². The number of hydrogen-bond acceptors (Lipinski definition) is 6. The van der Waals surface area contributed by atoms with Gasteiger partial charge in [-0.2, -0.15) is 0 Å². The second kappa shape index (κ2) is 10.1. The maximum Gasteiger partial charge on any atom is 0.317 e. The molecule has 0 bridgehead atoms. The summed E-state index contributed by atoms with van der Waals surface area (Å²) in [5, 5.41) is 10.2. The average molecular weight is 431 g/mol. The first kappa shape index (κ1) is 24.6. The van der Waals surface area contributed by atoms with Crippen LogP contribution in [0.5, 0.6) is 11.5 Å². The van der Waals surface area contributed by atoms with Crippen LogP contribution in [-0.4, -0.2) is 35.4 Å². The topological polar surface area (TPSA) is 89.9 Å². The number of carbonyl (C=O) groups excluding carboxylic acids is 3. The van der Waals surface area contributed by atoms with E-state index in [-0.39, 0.29) is 23.0 Å². The van der Waals surface area contributed by atoms with Crippen molar-refractivity contribution in [1.82, 2.24) is 0 Å². The predicted molar refractivity (Wildman–Crippen MR) is 118 cm³/mol. The van der Waals surface area contributed by atoms with Gasteiger partial charge in [0.15, 0.2) is 5.78 Å². The number of ether oxygens (including phenoxy) is 2. The Morgan fingerprint density at radius 3 is 2.58 bits per heavy atom. The van der Waals surface area contributed by atoms with Crippen molar-refractivity contribution in [3.8, 4) is 11.5 Å². The van der Waals surface area contributed by atoms with Crippen LogP contribution in [0.2, 0.25) is 0 Å². The van der Waals surface area contributed by atoms with Gasteiger partial charge >= 0.3 is 5.97 Å². The van der Waals surface area contributed by atoms with E-state index in [2.05, 4.69) is 0 Å². The number of phenols is 1. The molecule has 1 aliphatic heterocycles. The van der Waals surface area contributed by atoms with Crippen molar-refractivity contribution in [3.63, 3.8) is 0 Å². The molecule has 3 atom stereocenters. The molecule has 0 amide bonds. The molecule has 0 saturated carbocycles. The molecule has 2 rings (SSSR count). The van der Waals surface area contributed by atoms with Gasteiger partial charge in [0.25, 0.3) is 0 Å². The number of cyclic esters (lactones) is 1. The van der Waals surface area contributed by atoms with Crippen LogP contribution in [0.4, 0.5) is 0 Å². The van der Waals surface area contributed by atoms with Crippen molar-refractivity contribution in [3.05, 3.63) is 35.4 Å². The summed E-state index contributed by atoms with van der Waals surface area (Å²) in [5.41, 5.74) is 0.290. The number of ketones is 2. The number of hydrogen-bond donors (Lipinski definition) is 1. The van der Waals surface area contributed by atoms with Crippen LogP contribution in [0.3, 0.4) is 0 Å². The molecule has 1 fully saturated rings. The second-order valence-electron chi connectivity index (χ2n) is 9.15. The number of phenolic OH excluding ortho intramolecular Hbond substituents is 1. The Balaban J connectivity index is 2.06. The van der Waals surface area contributed by atoms with Crippen molar-refractivity contribution in [2.24, 2.45) is 17.8 Å². The number of rotatable bonds is 10. The molecule has 31 heavy (non-hydrogen) atoms. The molecule has 0 spiro atoms. The largest absolute Gasteiger partial charge is 0.507 e. The molecule has 1 heterocycles. The summed E-state index contributed by atoms with van der Waals surface area (Å²) < 4.78 is 10.7. The van der Waals surface area contributed by atoms with Crippen LogP contribution in [0.1, 0.15) is 70.7 Å². The van der Waals surface area contributed by atoms with E-state index in [1.807, 2.05) is 40.7 Å². The summed E-state index contributed by atoms with van der Waals surface area (Å²) in [6, 6.07) is 4.39. The average Bonchev–Trinajstić information content (AvgIpc) is 2.88. The van der Waals surface area contributed by atoms with Gasteiger partial charge in [-0.25, -0.2) is 0 Å². The van der Waals surface area contributed by atoms with Crippen molar-refractivity contribution >= 4 is 17.5 Å². The van der Waals surface area contributed by atoms with Gasteiger partial charge in [-0.05, 0) is 44.7 Å². The zero-order valence-corrected chi connectivity index (χ0v) is 19.4. The lowest BCUT2D eigenvalue weighted by atomic mass is 9.77. The molecule has 0 aliphatic carbocycles. The lowest BCUT2D eigenvalue weighted by Crippen LogP contribution is -2.33. The molecule has 170 valence electrons. The summed E-state index contributed by atoms with van der Waals surface area (Å²) in [4.78, 5) is 37.6. The Labute approximate surface area is 184 Å². The minimum absolute atomic E-state index is 0.0817. The monoisotopic (exact) mass is 430 g/mol. The van der Waals surface area contributed by atoms with Gasteiger partial charge in [-0.1, -0.05) is 32.4 Å². The molecule has 1 aromatic rings. The highest BCUT2D eigenvalue weighted by molar-refractivity contribution is 6.11. The molecule has 0 radical (unpaired) electrons. The van der Waals surface area contributed by atoms with Crippen molar-refractivity contribution < 1.29 is 29.0 Å². The van der Waals surface area contributed by atoms with E-state index >= 15 is 0 Å².